The minimum Gasteiger partial charge on any atom is -0.0938 e. The molecule has 0 radical (unpaired) electrons. The predicted octanol–water partition coefficient (Wildman–Crippen LogP) is 7.47. The van der Waals surface area contributed by atoms with Crippen molar-refractivity contribution in [2.75, 3.05) is 11.5 Å². The quantitative estimate of drug-likeness (QED) is 0.342. The van der Waals surface area contributed by atoms with Crippen molar-refractivity contribution in [3.05, 3.63) is 67.6 Å². The molecule has 0 saturated carbocycles. The molecule has 0 heterocycles. The van der Waals surface area contributed by atoms with Crippen molar-refractivity contribution in [2.45, 2.75) is 12.8 Å². The second-order valence-corrected chi connectivity index (χ2v) is 9.00. The Morgan fingerprint density at radius 1 is 0.636 bits per heavy atom. The maximum Gasteiger partial charge on any atom is 0.0453 e. The molecule has 0 fully saturated rings. The average Bonchev–Trinajstić information content (AvgIpc) is 2.46. The number of rotatable bonds is 7. The van der Waals surface area contributed by atoms with E-state index in [2.05, 4.69) is 0 Å². The molecule has 0 amide bonds. The molecule has 2 aromatic carbocycles. The molecule has 22 heavy (non-hydrogen) atoms. The van der Waals surface area contributed by atoms with E-state index >= 15 is 0 Å². The smallest absolute Gasteiger partial charge is 0.0453 e. The zero-order valence-corrected chi connectivity index (χ0v) is 16.3. The lowest BCUT2D eigenvalue weighted by Crippen LogP contribution is -1.91. The number of aryl methyl sites for hydroxylation is 2. The van der Waals surface area contributed by atoms with Crippen LogP contribution in [0.25, 0.3) is 0 Å². The first-order valence-corrected chi connectivity index (χ1v) is 10.7. The van der Waals surface area contributed by atoms with Gasteiger partial charge in [0.05, 0.1) is 0 Å². The van der Waals surface area contributed by atoms with Gasteiger partial charge < -0.3 is 0 Å². The standard InChI is InChI=1S/C16H14Cl4S2/c17-13-3-1-11(15(19)9-13)5-7-21-22-8-6-12-2-4-14(18)10-16(12)20/h1-4,9-10H,5-8H2. The van der Waals surface area contributed by atoms with Gasteiger partial charge in [-0.2, -0.15) is 0 Å². The molecule has 118 valence electrons. The Kier molecular flexibility index (Phi) is 8.10. The fourth-order valence-corrected chi connectivity index (χ4v) is 4.93. The van der Waals surface area contributed by atoms with Gasteiger partial charge >= 0.3 is 0 Å². The van der Waals surface area contributed by atoms with E-state index in [-0.39, 0.29) is 0 Å². The van der Waals surface area contributed by atoms with Crippen LogP contribution in [-0.2, 0) is 12.8 Å². The van der Waals surface area contributed by atoms with E-state index in [4.69, 9.17) is 46.4 Å². The molecule has 0 aliphatic heterocycles. The van der Waals surface area contributed by atoms with Crippen LogP contribution in [0.4, 0.5) is 0 Å². The highest BCUT2D eigenvalue weighted by molar-refractivity contribution is 8.76. The van der Waals surface area contributed by atoms with E-state index in [1.54, 1.807) is 12.1 Å². The van der Waals surface area contributed by atoms with E-state index < -0.39 is 0 Å². The van der Waals surface area contributed by atoms with Crippen molar-refractivity contribution in [2.24, 2.45) is 0 Å². The molecule has 0 unspecified atom stereocenters. The van der Waals surface area contributed by atoms with Crippen LogP contribution in [0.2, 0.25) is 20.1 Å². The minimum atomic E-state index is 0.677. The fraction of sp³-hybridized carbons (Fsp3) is 0.250. The van der Waals surface area contributed by atoms with Gasteiger partial charge in [0.2, 0.25) is 0 Å². The van der Waals surface area contributed by atoms with Crippen LogP contribution in [0.5, 0.6) is 0 Å². The second-order valence-electron chi connectivity index (χ2n) is 4.62. The van der Waals surface area contributed by atoms with Gasteiger partial charge in [0.1, 0.15) is 0 Å². The maximum atomic E-state index is 6.15. The average molecular weight is 412 g/mol. The molecule has 0 nitrogen and oxygen atoms in total. The Balaban J connectivity index is 1.67. The Labute approximate surface area is 159 Å². The predicted molar refractivity (Wildman–Crippen MR) is 105 cm³/mol. The Morgan fingerprint density at radius 2 is 1.05 bits per heavy atom. The third-order valence-corrected chi connectivity index (χ3v) is 6.61. The van der Waals surface area contributed by atoms with Crippen LogP contribution < -0.4 is 0 Å². The molecular weight excluding hydrogens is 398 g/mol. The third kappa shape index (κ3) is 6.07. The number of hydrogen-bond acceptors (Lipinski definition) is 2. The van der Waals surface area contributed by atoms with Crippen molar-refractivity contribution in [3.8, 4) is 0 Å². The van der Waals surface area contributed by atoms with Gasteiger partial charge in [-0.05, 0) is 48.2 Å². The summed E-state index contributed by atoms with van der Waals surface area (Å²) in [6.45, 7) is 0. The van der Waals surface area contributed by atoms with E-state index in [0.717, 1.165) is 45.5 Å². The van der Waals surface area contributed by atoms with Crippen LogP contribution in [0.1, 0.15) is 11.1 Å². The fourth-order valence-electron chi connectivity index (χ4n) is 1.87. The molecule has 0 aromatic heterocycles. The largest absolute Gasteiger partial charge is 0.0938 e. The van der Waals surface area contributed by atoms with E-state index in [1.807, 2.05) is 45.9 Å². The van der Waals surface area contributed by atoms with E-state index in [1.165, 1.54) is 0 Å². The summed E-state index contributed by atoms with van der Waals surface area (Å²) in [4.78, 5) is 0. The Morgan fingerprint density at radius 3 is 1.41 bits per heavy atom. The van der Waals surface area contributed by atoms with Gasteiger partial charge in [0, 0.05) is 31.6 Å². The van der Waals surface area contributed by atoms with Gasteiger partial charge in [-0.25, -0.2) is 0 Å². The molecule has 0 N–H and O–H groups in total. The van der Waals surface area contributed by atoms with Gasteiger partial charge in [-0.1, -0.05) is 80.1 Å². The van der Waals surface area contributed by atoms with E-state index in [9.17, 15) is 0 Å². The number of hydrogen-bond donors (Lipinski definition) is 0. The summed E-state index contributed by atoms with van der Waals surface area (Å²) in [6, 6.07) is 11.3. The molecule has 0 aliphatic carbocycles. The van der Waals surface area contributed by atoms with Crippen molar-refractivity contribution < 1.29 is 0 Å². The molecule has 0 atom stereocenters. The molecule has 0 bridgehead atoms. The molecule has 0 aliphatic rings. The Bertz CT molecular complexity index is 576. The summed E-state index contributed by atoms with van der Waals surface area (Å²) in [7, 11) is 3.69. The Hall–Kier alpha value is 0.300. The zero-order chi connectivity index (χ0) is 15.9. The van der Waals surface area contributed by atoms with Crippen LogP contribution in [0, 0.1) is 0 Å². The number of benzene rings is 2. The van der Waals surface area contributed by atoms with Crippen LogP contribution in [0.3, 0.4) is 0 Å². The third-order valence-electron chi connectivity index (χ3n) is 3.02. The van der Waals surface area contributed by atoms with Crippen molar-refractivity contribution in [1.29, 1.82) is 0 Å². The highest BCUT2D eigenvalue weighted by Gasteiger charge is 2.03. The SMILES string of the molecule is Clc1ccc(CCSSCCc2ccc(Cl)cc2Cl)c(Cl)c1. The van der Waals surface area contributed by atoms with Crippen molar-refractivity contribution >= 4 is 68.0 Å². The van der Waals surface area contributed by atoms with Gasteiger partial charge in [-0.15, -0.1) is 0 Å². The van der Waals surface area contributed by atoms with E-state index in [0.29, 0.717) is 10.0 Å². The summed E-state index contributed by atoms with van der Waals surface area (Å²) in [5.41, 5.74) is 2.28. The molecule has 0 spiro atoms. The molecule has 0 saturated heterocycles. The molecule has 2 aromatic rings. The van der Waals surface area contributed by atoms with Gasteiger partial charge in [0.15, 0.2) is 0 Å². The first-order valence-electron chi connectivity index (χ1n) is 6.68. The number of halogens is 4. The molecular formula is C16H14Cl4S2. The lowest BCUT2D eigenvalue weighted by Gasteiger charge is -2.06. The highest BCUT2D eigenvalue weighted by atomic mass is 35.5. The summed E-state index contributed by atoms with van der Waals surface area (Å²) < 4.78 is 0. The summed E-state index contributed by atoms with van der Waals surface area (Å²) in [5, 5.41) is 2.84. The maximum absolute atomic E-state index is 6.15. The summed E-state index contributed by atoms with van der Waals surface area (Å²) in [5.74, 6) is 2.03. The normalized spacial score (nSPS) is 10.9. The second kappa shape index (κ2) is 9.56. The highest BCUT2D eigenvalue weighted by Crippen LogP contribution is 2.28. The van der Waals surface area contributed by atoms with Gasteiger partial charge in [-0.3, -0.25) is 0 Å². The first kappa shape index (κ1) is 18.6. The monoisotopic (exact) mass is 410 g/mol. The minimum absolute atomic E-state index is 0.677. The van der Waals surface area contributed by atoms with Crippen LogP contribution in [0.15, 0.2) is 36.4 Å². The first-order chi connectivity index (χ1) is 10.6. The lowest BCUT2D eigenvalue weighted by atomic mass is 10.2. The van der Waals surface area contributed by atoms with Crippen LogP contribution >= 0.6 is 68.0 Å². The van der Waals surface area contributed by atoms with Crippen molar-refractivity contribution in [1.82, 2.24) is 0 Å². The summed E-state index contributed by atoms with van der Waals surface area (Å²) >= 11 is 24.1. The zero-order valence-electron chi connectivity index (χ0n) is 11.6. The lowest BCUT2D eigenvalue weighted by molar-refractivity contribution is 1.16. The molecule has 6 heteroatoms. The summed E-state index contributed by atoms with van der Waals surface area (Å²) in [6.07, 6.45) is 1.88. The molecule has 2 rings (SSSR count). The van der Waals surface area contributed by atoms with Gasteiger partial charge in [0.25, 0.3) is 0 Å². The topological polar surface area (TPSA) is 0 Å². The van der Waals surface area contributed by atoms with Crippen LogP contribution in [-0.4, -0.2) is 11.5 Å². The van der Waals surface area contributed by atoms with Crippen molar-refractivity contribution in [3.63, 3.8) is 0 Å².